The molecule has 0 saturated carbocycles. The molecule has 0 atom stereocenters. The Balaban J connectivity index is 2.41. The zero-order chi connectivity index (χ0) is 20.0. The molecule has 2 rings (SSSR count). The first-order valence-electron chi connectivity index (χ1n) is 7.73. The van der Waals surface area contributed by atoms with Crippen LogP contribution >= 0.6 is 11.3 Å². The highest BCUT2D eigenvalue weighted by molar-refractivity contribution is 7.89. The Labute approximate surface area is 161 Å². The minimum absolute atomic E-state index is 0.0501. The molecule has 8 nitrogen and oxygen atoms in total. The number of carbonyl (C=O) groups excluding carboxylic acids is 1. The topological polar surface area (TPSA) is 104 Å². The van der Waals surface area contributed by atoms with Gasteiger partial charge in [-0.2, -0.15) is 0 Å². The molecule has 146 valence electrons. The lowest BCUT2D eigenvalue weighted by molar-refractivity contribution is -0.134. The number of aryl methyl sites for hydroxylation is 1. The molecule has 0 spiro atoms. The molecule has 2 aromatic rings. The first kappa shape index (κ1) is 20.9. The van der Waals surface area contributed by atoms with Crippen LogP contribution in [0.4, 0.5) is 0 Å². The third-order valence-electron chi connectivity index (χ3n) is 3.45. The average Bonchev–Trinajstić information content (AvgIpc) is 3.08. The van der Waals surface area contributed by atoms with Gasteiger partial charge in [-0.15, -0.1) is 11.3 Å². The summed E-state index contributed by atoms with van der Waals surface area (Å²) in [5, 5.41) is 2.48. The van der Waals surface area contributed by atoms with E-state index in [1.54, 1.807) is 6.07 Å². The number of ether oxygens (including phenoxy) is 3. The molecule has 0 radical (unpaired) electrons. The van der Waals surface area contributed by atoms with E-state index in [2.05, 4.69) is 14.4 Å². The third-order valence-corrected chi connectivity index (χ3v) is 5.82. The van der Waals surface area contributed by atoms with Crippen molar-refractivity contribution < 1.29 is 27.4 Å². The van der Waals surface area contributed by atoms with Crippen LogP contribution in [-0.4, -0.2) is 40.7 Å². The number of sulfonamides is 1. The molecule has 0 bridgehead atoms. The number of hydrogen-bond donors (Lipinski definition) is 1. The van der Waals surface area contributed by atoms with E-state index in [9.17, 15) is 13.2 Å². The van der Waals surface area contributed by atoms with Crippen molar-refractivity contribution in [3.05, 3.63) is 39.9 Å². The summed E-state index contributed by atoms with van der Waals surface area (Å²) in [6.07, 6.45) is 2.61. The molecule has 0 aliphatic heterocycles. The molecule has 0 unspecified atom stereocenters. The van der Waals surface area contributed by atoms with E-state index in [1.807, 2.05) is 12.3 Å². The highest BCUT2D eigenvalue weighted by atomic mass is 32.2. The normalized spacial score (nSPS) is 11.6. The summed E-state index contributed by atoms with van der Waals surface area (Å²) < 4.78 is 43.2. The Kier molecular flexibility index (Phi) is 6.94. The van der Waals surface area contributed by atoms with Gasteiger partial charge in [0.15, 0.2) is 11.5 Å². The first-order chi connectivity index (χ1) is 12.8. The van der Waals surface area contributed by atoms with Gasteiger partial charge in [0, 0.05) is 17.2 Å². The van der Waals surface area contributed by atoms with Gasteiger partial charge < -0.3 is 14.2 Å². The summed E-state index contributed by atoms with van der Waals surface area (Å²) in [6.45, 7) is 1.88. The number of thiazole rings is 1. The van der Waals surface area contributed by atoms with E-state index in [0.717, 1.165) is 5.69 Å². The average molecular weight is 412 g/mol. The molecule has 1 N–H and O–H groups in total. The number of methoxy groups -OCH3 is 3. The Morgan fingerprint density at radius 1 is 1.26 bits per heavy atom. The van der Waals surface area contributed by atoms with E-state index >= 15 is 0 Å². The third kappa shape index (κ3) is 5.28. The molecule has 0 aliphatic rings. The molecule has 1 aromatic carbocycles. The van der Waals surface area contributed by atoms with Gasteiger partial charge in [0.25, 0.3) is 0 Å². The number of rotatable bonds is 8. The van der Waals surface area contributed by atoms with Gasteiger partial charge in [-0.1, -0.05) is 0 Å². The van der Waals surface area contributed by atoms with E-state index in [0.29, 0.717) is 10.6 Å². The van der Waals surface area contributed by atoms with Crippen LogP contribution in [0.3, 0.4) is 0 Å². The van der Waals surface area contributed by atoms with Gasteiger partial charge in [0.05, 0.1) is 27.9 Å². The second-order valence-corrected chi connectivity index (χ2v) is 8.00. The SMILES string of the molecule is COC(=O)/C=C/c1cc(OC)c(OC)c(S(=O)(=O)NCc2nc(C)cs2)c1. The lowest BCUT2D eigenvalue weighted by Gasteiger charge is -2.14. The van der Waals surface area contributed by atoms with E-state index in [-0.39, 0.29) is 22.9 Å². The van der Waals surface area contributed by atoms with Crippen LogP contribution in [0, 0.1) is 6.92 Å². The molecule has 1 aromatic heterocycles. The summed E-state index contributed by atoms with van der Waals surface area (Å²) in [4.78, 5) is 15.4. The maximum absolute atomic E-state index is 12.8. The van der Waals surface area contributed by atoms with Crippen LogP contribution < -0.4 is 14.2 Å². The van der Waals surface area contributed by atoms with Gasteiger partial charge in [-0.25, -0.2) is 22.9 Å². The second-order valence-electron chi connectivity index (χ2n) is 5.32. The Morgan fingerprint density at radius 2 is 2.00 bits per heavy atom. The summed E-state index contributed by atoms with van der Waals surface area (Å²) >= 11 is 1.36. The standard InChI is InChI=1S/C17H20N2O6S2/c1-11-10-26-15(19-11)9-18-27(21,22)14-8-12(5-6-16(20)24-3)7-13(23-2)17(14)25-4/h5-8,10,18H,9H2,1-4H3/b6-5+. The van der Waals surface area contributed by atoms with Crippen LogP contribution in [0.5, 0.6) is 11.5 Å². The Hall–Kier alpha value is -2.43. The van der Waals surface area contributed by atoms with Gasteiger partial charge in [0.2, 0.25) is 10.0 Å². The van der Waals surface area contributed by atoms with Crippen LogP contribution in [0.25, 0.3) is 6.08 Å². The van der Waals surface area contributed by atoms with Gasteiger partial charge in [-0.3, -0.25) is 0 Å². The van der Waals surface area contributed by atoms with E-state index < -0.39 is 16.0 Å². The number of aromatic nitrogens is 1. The fourth-order valence-electron chi connectivity index (χ4n) is 2.20. The quantitative estimate of drug-likeness (QED) is 0.523. The fourth-order valence-corrected chi connectivity index (χ4v) is 4.20. The van der Waals surface area contributed by atoms with Crippen LogP contribution in [0.1, 0.15) is 16.3 Å². The van der Waals surface area contributed by atoms with Crippen LogP contribution in [0.2, 0.25) is 0 Å². The minimum atomic E-state index is -3.93. The summed E-state index contributed by atoms with van der Waals surface area (Å²) in [6, 6.07) is 2.94. The van der Waals surface area contributed by atoms with Crippen molar-refractivity contribution in [1.82, 2.24) is 9.71 Å². The predicted molar refractivity (Wildman–Crippen MR) is 101 cm³/mol. The maximum atomic E-state index is 12.8. The molecule has 0 amide bonds. The largest absolute Gasteiger partial charge is 0.493 e. The molecule has 10 heteroatoms. The molecule has 0 fully saturated rings. The van der Waals surface area contributed by atoms with Crippen molar-refractivity contribution in [1.29, 1.82) is 0 Å². The van der Waals surface area contributed by atoms with Crippen molar-refractivity contribution in [2.24, 2.45) is 0 Å². The van der Waals surface area contributed by atoms with Crippen molar-refractivity contribution in [2.45, 2.75) is 18.4 Å². The number of nitrogens with one attached hydrogen (secondary N) is 1. The highest BCUT2D eigenvalue weighted by Gasteiger charge is 2.24. The van der Waals surface area contributed by atoms with Gasteiger partial charge in [-0.05, 0) is 30.7 Å². The fraction of sp³-hybridized carbons (Fsp3) is 0.294. The molecule has 27 heavy (non-hydrogen) atoms. The number of hydrogen-bond acceptors (Lipinski definition) is 8. The minimum Gasteiger partial charge on any atom is -0.493 e. The van der Waals surface area contributed by atoms with Crippen molar-refractivity contribution in [2.75, 3.05) is 21.3 Å². The Morgan fingerprint density at radius 3 is 2.56 bits per heavy atom. The monoisotopic (exact) mass is 412 g/mol. The smallest absolute Gasteiger partial charge is 0.330 e. The summed E-state index contributed by atoms with van der Waals surface area (Å²) in [5.41, 5.74) is 1.26. The zero-order valence-electron chi connectivity index (χ0n) is 15.3. The second kappa shape index (κ2) is 8.98. The lowest BCUT2D eigenvalue weighted by Crippen LogP contribution is -2.24. The first-order valence-corrected chi connectivity index (χ1v) is 10.1. The zero-order valence-corrected chi connectivity index (χ0v) is 16.9. The number of esters is 1. The predicted octanol–water partition coefficient (Wildman–Crippen LogP) is 2.13. The van der Waals surface area contributed by atoms with Crippen LogP contribution in [-0.2, 0) is 26.1 Å². The summed E-state index contributed by atoms with van der Waals surface area (Å²) in [5.74, 6) is -0.281. The molecular weight excluding hydrogens is 392 g/mol. The van der Waals surface area contributed by atoms with E-state index in [4.69, 9.17) is 9.47 Å². The molecular formula is C17H20N2O6S2. The van der Waals surface area contributed by atoms with Crippen molar-refractivity contribution >= 4 is 33.4 Å². The molecule has 0 aliphatic carbocycles. The van der Waals surface area contributed by atoms with Crippen molar-refractivity contribution in [3.63, 3.8) is 0 Å². The number of carbonyl (C=O) groups is 1. The van der Waals surface area contributed by atoms with Gasteiger partial charge in [0.1, 0.15) is 9.90 Å². The number of nitrogens with zero attached hydrogens (tertiary/aromatic N) is 1. The highest BCUT2D eigenvalue weighted by Crippen LogP contribution is 2.36. The van der Waals surface area contributed by atoms with Gasteiger partial charge >= 0.3 is 5.97 Å². The molecule has 1 heterocycles. The lowest BCUT2D eigenvalue weighted by atomic mass is 10.2. The maximum Gasteiger partial charge on any atom is 0.330 e. The summed E-state index contributed by atoms with van der Waals surface area (Å²) in [7, 11) is 0.0707. The molecule has 0 saturated heterocycles. The van der Waals surface area contributed by atoms with Crippen molar-refractivity contribution in [3.8, 4) is 11.5 Å². The Bertz CT molecular complexity index is 950. The van der Waals surface area contributed by atoms with E-state index in [1.165, 1.54) is 50.9 Å². The number of benzene rings is 1. The van der Waals surface area contributed by atoms with Crippen LogP contribution in [0.15, 0.2) is 28.5 Å².